The first-order valence-electron chi connectivity index (χ1n) is 10.3. The maximum atomic E-state index is 12.5. The third kappa shape index (κ3) is 7.40. The van der Waals surface area contributed by atoms with Gasteiger partial charge in [-0.3, -0.25) is 4.79 Å². The van der Waals surface area contributed by atoms with Gasteiger partial charge in [0.25, 0.3) is 0 Å². The summed E-state index contributed by atoms with van der Waals surface area (Å²) in [5, 5.41) is 4.37. The van der Waals surface area contributed by atoms with E-state index < -0.39 is 10.0 Å². The van der Waals surface area contributed by atoms with Crippen molar-refractivity contribution < 1.29 is 13.2 Å². The topological polar surface area (TPSA) is 66.5 Å². The molecule has 1 heterocycles. The summed E-state index contributed by atoms with van der Waals surface area (Å²) < 4.78 is 26.5. The van der Waals surface area contributed by atoms with E-state index in [4.69, 9.17) is 0 Å². The normalized spacial score (nSPS) is 17.9. The Morgan fingerprint density at radius 1 is 1.14 bits per heavy atom. The number of carbonyl (C=O) groups is 1. The summed E-state index contributed by atoms with van der Waals surface area (Å²) in [4.78, 5) is 12.5. The molecule has 5 nitrogen and oxygen atoms in total. The number of nitrogens with one attached hydrogen (secondary N) is 1. The molecule has 6 heteroatoms. The molecule has 1 aliphatic heterocycles. The van der Waals surface area contributed by atoms with Gasteiger partial charge in [-0.1, -0.05) is 57.0 Å². The first-order chi connectivity index (χ1) is 13.3. The molecule has 156 valence electrons. The molecular formula is C22H34N2O3S. The molecule has 2 rings (SSSR count). The van der Waals surface area contributed by atoms with E-state index in [0.717, 1.165) is 18.4 Å². The van der Waals surface area contributed by atoms with Gasteiger partial charge < -0.3 is 5.32 Å². The smallest absolute Gasteiger partial charge is 0.236 e. The zero-order chi connectivity index (χ0) is 20.6. The lowest BCUT2D eigenvalue weighted by molar-refractivity contribution is -0.126. The van der Waals surface area contributed by atoms with Gasteiger partial charge >= 0.3 is 0 Å². The summed E-state index contributed by atoms with van der Waals surface area (Å²) in [5.74, 6) is 0.649. The van der Waals surface area contributed by atoms with E-state index >= 15 is 0 Å². The first-order valence-corrected chi connectivity index (χ1v) is 11.8. The van der Waals surface area contributed by atoms with Crippen molar-refractivity contribution in [3.8, 4) is 0 Å². The third-order valence-electron chi connectivity index (χ3n) is 5.22. The molecule has 0 aromatic heterocycles. The van der Waals surface area contributed by atoms with Crippen LogP contribution in [0.25, 0.3) is 6.08 Å². The van der Waals surface area contributed by atoms with Gasteiger partial charge in [-0.2, -0.15) is 4.31 Å². The molecule has 1 N–H and O–H groups in total. The van der Waals surface area contributed by atoms with Crippen LogP contribution >= 0.6 is 0 Å². The molecule has 1 aromatic carbocycles. The second-order valence-corrected chi connectivity index (χ2v) is 9.98. The molecule has 0 spiro atoms. The molecule has 0 bridgehead atoms. The van der Waals surface area contributed by atoms with Crippen molar-refractivity contribution in [3.63, 3.8) is 0 Å². The average Bonchev–Trinajstić information content (AvgIpc) is 2.67. The lowest BCUT2D eigenvalue weighted by Crippen LogP contribution is -2.44. The van der Waals surface area contributed by atoms with Crippen LogP contribution in [0.1, 0.15) is 58.4 Å². The standard InChI is InChI=1S/C22H34N2O3S/c1-18(2)8-7-9-19(3)23-22(25)21-12-15-24(16-13-21)28(26,27)17-14-20-10-5-4-6-11-20/h4-6,10-11,14,17-19,21H,7-9,12-13,15-16H2,1-3H3,(H,23,25)/b17-14+. The van der Waals surface area contributed by atoms with Crippen LogP contribution in [0.4, 0.5) is 0 Å². The van der Waals surface area contributed by atoms with E-state index in [0.29, 0.717) is 31.8 Å². The average molecular weight is 407 g/mol. The second-order valence-electron chi connectivity index (χ2n) is 8.17. The Morgan fingerprint density at radius 2 is 1.79 bits per heavy atom. The van der Waals surface area contributed by atoms with Gasteiger partial charge in [0.15, 0.2) is 0 Å². The Labute approximate surface area is 170 Å². The molecule has 1 amide bonds. The summed E-state index contributed by atoms with van der Waals surface area (Å²) in [7, 11) is -3.45. The Hall–Kier alpha value is -1.66. The van der Waals surface area contributed by atoms with E-state index in [9.17, 15) is 13.2 Å². The maximum Gasteiger partial charge on any atom is 0.236 e. The Morgan fingerprint density at radius 3 is 2.39 bits per heavy atom. The van der Waals surface area contributed by atoms with Crippen molar-refractivity contribution in [1.82, 2.24) is 9.62 Å². The number of sulfonamides is 1. The number of hydrogen-bond donors (Lipinski definition) is 1. The molecule has 0 aliphatic carbocycles. The van der Waals surface area contributed by atoms with Crippen LogP contribution in [0.15, 0.2) is 35.7 Å². The number of hydrogen-bond acceptors (Lipinski definition) is 3. The Bertz CT molecular complexity index is 736. The van der Waals surface area contributed by atoms with E-state index in [1.807, 2.05) is 37.3 Å². The molecule has 1 saturated heterocycles. The SMILES string of the molecule is CC(C)CCCC(C)NC(=O)C1CCN(S(=O)(=O)/C=C/c2ccccc2)CC1. The summed E-state index contributed by atoms with van der Waals surface area (Å²) >= 11 is 0. The second kappa shape index (κ2) is 10.8. The highest BCUT2D eigenvalue weighted by Crippen LogP contribution is 2.21. The predicted octanol–water partition coefficient (Wildman–Crippen LogP) is 4.03. The molecule has 1 aliphatic rings. The van der Waals surface area contributed by atoms with Gasteiger partial charge in [-0.05, 0) is 43.7 Å². The molecule has 0 saturated carbocycles. The maximum absolute atomic E-state index is 12.5. The molecule has 1 unspecified atom stereocenters. The fourth-order valence-corrected chi connectivity index (χ4v) is 4.67. The van der Waals surface area contributed by atoms with Crippen LogP contribution < -0.4 is 5.32 Å². The van der Waals surface area contributed by atoms with Gasteiger partial charge in [0.1, 0.15) is 0 Å². The number of rotatable bonds is 9. The third-order valence-corrected chi connectivity index (χ3v) is 6.79. The zero-order valence-corrected chi connectivity index (χ0v) is 18.1. The van der Waals surface area contributed by atoms with Crippen molar-refractivity contribution in [3.05, 3.63) is 41.3 Å². The fourth-order valence-electron chi connectivity index (χ4n) is 3.45. The van der Waals surface area contributed by atoms with Crippen molar-refractivity contribution in [1.29, 1.82) is 0 Å². The zero-order valence-electron chi connectivity index (χ0n) is 17.3. The van der Waals surface area contributed by atoms with Crippen LogP contribution in [-0.4, -0.2) is 37.8 Å². The highest BCUT2D eigenvalue weighted by molar-refractivity contribution is 7.92. The molecule has 1 atom stereocenters. The van der Waals surface area contributed by atoms with Gasteiger partial charge in [0, 0.05) is 30.5 Å². The quantitative estimate of drug-likeness (QED) is 0.673. The summed E-state index contributed by atoms with van der Waals surface area (Å²) in [6, 6.07) is 9.55. The number of benzene rings is 1. The van der Waals surface area contributed by atoms with Crippen LogP contribution in [0.3, 0.4) is 0 Å². The monoisotopic (exact) mass is 406 g/mol. The lowest BCUT2D eigenvalue weighted by atomic mass is 9.96. The summed E-state index contributed by atoms with van der Waals surface area (Å²) in [6.45, 7) is 7.25. The van der Waals surface area contributed by atoms with E-state index in [1.54, 1.807) is 6.08 Å². The largest absolute Gasteiger partial charge is 0.353 e. The van der Waals surface area contributed by atoms with Crippen molar-refractivity contribution in [2.75, 3.05) is 13.1 Å². The van der Waals surface area contributed by atoms with Gasteiger partial charge in [-0.15, -0.1) is 0 Å². The highest BCUT2D eigenvalue weighted by Gasteiger charge is 2.30. The highest BCUT2D eigenvalue weighted by atomic mass is 32.2. The molecule has 1 fully saturated rings. The summed E-state index contributed by atoms with van der Waals surface area (Å²) in [6.07, 6.45) is 6.04. The number of nitrogens with zero attached hydrogens (tertiary/aromatic N) is 1. The van der Waals surface area contributed by atoms with Crippen LogP contribution in [0.2, 0.25) is 0 Å². The number of amides is 1. The lowest BCUT2D eigenvalue weighted by Gasteiger charge is -2.30. The van der Waals surface area contributed by atoms with Crippen molar-refractivity contribution >= 4 is 22.0 Å². The van der Waals surface area contributed by atoms with E-state index in [-0.39, 0.29) is 17.9 Å². The summed E-state index contributed by atoms with van der Waals surface area (Å²) in [5.41, 5.74) is 0.854. The predicted molar refractivity (Wildman–Crippen MR) is 115 cm³/mol. The number of carbonyl (C=O) groups excluding carboxylic acids is 1. The first kappa shape index (κ1) is 22.6. The van der Waals surface area contributed by atoms with Crippen molar-refractivity contribution in [2.45, 2.75) is 58.9 Å². The molecule has 0 radical (unpaired) electrons. The van der Waals surface area contributed by atoms with E-state index in [2.05, 4.69) is 19.2 Å². The van der Waals surface area contributed by atoms with Gasteiger partial charge in [-0.25, -0.2) is 8.42 Å². The minimum Gasteiger partial charge on any atom is -0.353 e. The van der Waals surface area contributed by atoms with Gasteiger partial charge in [0.2, 0.25) is 15.9 Å². The van der Waals surface area contributed by atoms with Crippen LogP contribution in [-0.2, 0) is 14.8 Å². The molecular weight excluding hydrogens is 372 g/mol. The minimum atomic E-state index is -3.45. The Balaban J connectivity index is 1.79. The van der Waals surface area contributed by atoms with Crippen molar-refractivity contribution in [2.24, 2.45) is 11.8 Å². The van der Waals surface area contributed by atoms with Gasteiger partial charge in [0.05, 0.1) is 0 Å². The minimum absolute atomic E-state index is 0.0638. The Kier molecular flexibility index (Phi) is 8.70. The molecule has 1 aromatic rings. The molecule has 28 heavy (non-hydrogen) atoms. The van der Waals surface area contributed by atoms with E-state index in [1.165, 1.54) is 16.1 Å². The van der Waals surface area contributed by atoms with Crippen LogP contribution in [0, 0.1) is 11.8 Å². The number of piperidine rings is 1. The van der Waals surface area contributed by atoms with Crippen LogP contribution in [0.5, 0.6) is 0 Å². The fraction of sp³-hybridized carbons (Fsp3) is 0.591.